The van der Waals surface area contributed by atoms with Crippen LogP contribution in [0.5, 0.6) is 11.5 Å². The number of aromatic nitrogens is 1. The molecular formula is C22H19Cl2NO4. The van der Waals surface area contributed by atoms with Crippen LogP contribution in [-0.2, 0) is 6.61 Å². The van der Waals surface area contributed by atoms with Gasteiger partial charge in [0, 0.05) is 15.6 Å². The molecule has 0 saturated carbocycles. The van der Waals surface area contributed by atoms with Crippen molar-refractivity contribution >= 4 is 29.2 Å². The van der Waals surface area contributed by atoms with E-state index in [0.29, 0.717) is 39.5 Å². The lowest BCUT2D eigenvalue weighted by Crippen LogP contribution is -2.09. The molecule has 150 valence electrons. The molecule has 29 heavy (non-hydrogen) atoms. The number of carboxylic acids is 1. The summed E-state index contributed by atoms with van der Waals surface area (Å²) in [6, 6.07) is 15.3. The first kappa shape index (κ1) is 21.0. The lowest BCUT2D eigenvalue weighted by Gasteiger charge is -2.14. The second-order valence-corrected chi connectivity index (χ2v) is 7.10. The van der Waals surface area contributed by atoms with E-state index in [0.717, 1.165) is 12.0 Å². The SMILES string of the molecule is CCCOc1cc(Cl)ccc1-c1ccc(C(=O)O)c(COc2cccc(Cl)c2)n1. The van der Waals surface area contributed by atoms with Gasteiger partial charge in [-0.2, -0.15) is 0 Å². The van der Waals surface area contributed by atoms with Gasteiger partial charge in [0.05, 0.1) is 23.6 Å². The lowest BCUT2D eigenvalue weighted by atomic mass is 10.1. The number of hydrogen-bond donors (Lipinski definition) is 1. The van der Waals surface area contributed by atoms with E-state index in [9.17, 15) is 9.90 Å². The maximum atomic E-state index is 11.6. The van der Waals surface area contributed by atoms with Crippen LogP contribution in [0.1, 0.15) is 29.4 Å². The Kier molecular flexibility index (Phi) is 6.96. The van der Waals surface area contributed by atoms with Crippen LogP contribution >= 0.6 is 23.2 Å². The van der Waals surface area contributed by atoms with Crippen molar-refractivity contribution in [3.8, 4) is 22.8 Å². The molecule has 0 fully saturated rings. The molecule has 0 aliphatic rings. The molecule has 3 aromatic rings. The highest BCUT2D eigenvalue weighted by molar-refractivity contribution is 6.31. The zero-order valence-corrected chi connectivity index (χ0v) is 17.2. The minimum atomic E-state index is -1.08. The van der Waals surface area contributed by atoms with Crippen molar-refractivity contribution in [2.24, 2.45) is 0 Å². The number of aromatic carboxylic acids is 1. The Hall–Kier alpha value is -2.76. The van der Waals surface area contributed by atoms with Crippen molar-refractivity contribution in [1.29, 1.82) is 0 Å². The molecule has 0 unspecified atom stereocenters. The second kappa shape index (κ2) is 9.63. The number of hydrogen-bond acceptors (Lipinski definition) is 4. The van der Waals surface area contributed by atoms with Gasteiger partial charge in [-0.1, -0.05) is 36.2 Å². The monoisotopic (exact) mass is 431 g/mol. The molecule has 0 spiro atoms. The second-order valence-electron chi connectivity index (χ2n) is 6.23. The van der Waals surface area contributed by atoms with Crippen LogP contribution in [0.2, 0.25) is 10.0 Å². The number of nitrogens with zero attached hydrogens (tertiary/aromatic N) is 1. The smallest absolute Gasteiger partial charge is 0.337 e. The van der Waals surface area contributed by atoms with Gasteiger partial charge < -0.3 is 14.6 Å². The number of rotatable bonds is 8. The van der Waals surface area contributed by atoms with Gasteiger partial charge in [-0.05, 0) is 55.0 Å². The molecule has 1 aromatic heterocycles. The summed E-state index contributed by atoms with van der Waals surface area (Å²) in [5, 5.41) is 10.6. The van der Waals surface area contributed by atoms with Gasteiger partial charge in [0.1, 0.15) is 18.1 Å². The standard InChI is InChI=1S/C22H19Cl2NO4/c1-2-10-28-21-12-15(24)6-7-17(21)19-9-8-18(22(26)27)20(25-19)13-29-16-5-3-4-14(23)11-16/h3-9,11-12H,2,10,13H2,1H3,(H,26,27). The van der Waals surface area contributed by atoms with Crippen molar-refractivity contribution in [2.75, 3.05) is 6.61 Å². The predicted octanol–water partition coefficient (Wildman–Crippen LogP) is 6.12. The Morgan fingerprint density at radius 2 is 1.83 bits per heavy atom. The van der Waals surface area contributed by atoms with Crippen LogP contribution in [0, 0.1) is 0 Å². The van der Waals surface area contributed by atoms with Gasteiger partial charge in [0.25, 0.3) is 0 Å². The number of benzene rings is 2. The minimum absolute atomic E-state index is 0.0193. The van der Waals surface area contributed by atoms with Crippen LogP contribution in [-0.4, -0.2) is 22.7 Å². The van der Waals surface area contributed by atoms with E-state index in [1.807, 2.05) is 6.92 Å². The van der Waals surface area contributed by atoms with Crippen molar-refractivity contribution in [3.63, 3.8) is 0 Å². The van der Waals surface area contributed by atoms with E-state index < -0.39 is 5.97 Å². The van der Waals surface area contributed by atoms with Gasteiger partial charge in [0.2, 0.25) is 0 Å². The van der Waals surface area contributed by atoms with Gasteiger partial charge in [0.15, 0.2) is 0 Å². The predicted molar refractivity (Wildman–Crippen MR) is 113 cm³/mol. The van der Waals surface area contributed by atoms with Crippen molar-refractivity contribution < 1.29 is 19.4 Å². The minimum Gasteiger partial charge on any atom is -0.493 e. The first-order valence-corrected chi connectivity index (χ1v) is 9.78. The zero-order chi connectivity index (χ0) is 20.8. The third-order valence-corrected chi connectivity index (χ3v) is 4.53. The molecule has 3 rings (SSSR count). The molecule has 1 N–H and O–H groups in total. The number of pyridine rings is 1. The van der Waals surface area contributed by atoms with E-state index in [-0.39, 0.29) is 12.2 Å². The summed E-state index contributed by atoms with van der Waals surface area (Å²) in [5.41, 5.74) is 1.67. The lowest BCUT2D eigenvalue weighted by molar-refractivity contribution is 0.0693. The fourth-order valence-corrected chi connectivity index (χ4v) is 3.05. The van der Waals surface area contributed by atoms with Crippen molar-refractivity contribution in [3.05, 3.63) is 75.9 Å². The summed E-state index contributed by atoms with van der Waals surface area (Å²) >= 11 is 12.1. The molecule has 1 heterocycles. The van der Waals surface area contributed by atoms with Gasteiger partial charge in [-0.15, -0.1) is 0 Å². The molecule has 0 amide bonds. The Labute approximate surface area is 178 Å². The number of ether oxygens (including phenoxy) is 2. The van der Waals surface area contributed by atoms with Gasteiger partial charge >= 0.3 is 5.97 Å². The maximum absolute atomic E-state index is 11.6. The van der Waals surface area contributed by atoms with E-state index in [1.165, 1.54) is 6.07 Å². The van der Waals surface area contributed by atoms with Gasteiger partial charge in [-0.25, -0.2) is 9.78 Å². The summed E-state index contributed by atoms with van der Waals surface area (Å²) in [7, 11) is 0. The topological polar surface area (TPSA) is 68.7 Å². The first-order valence-electron chi connectivity index (χ1n) is 9.02. The molecule has 0 aliphatic carbocycles. The molecular weight excluding hydrogens is 413 g/mol. The van der Waals surface area contributed by atoms with Crippen LogP contribution < -0.4 is 9.47 Å². The zero-order valence-electron chi connectivity index (χ0n) is 15.7. The van der Waals surface area contributed by atoms with E-state index in [2.05, 4.69) is 4.98 Å². The third kappa shape index (κ3) is 5.40. The summed E-state index contributed by atoms with van der Waals surface area (Å²) < 4.78 is 11.5. The number of carbonyl (C=O) groups is 1. The van der Waals surface area contributed by atoms with Crippen LogP contribution in [0.25, 0.3) is 11.3 Å². The Morgan fingerprint density at radius 3 is 2.55 bits per heavy atom. The highest BCUT2D eigenvalue weighted by Gasteiger charge is 2.16. The average Bonchev–Trinajstić information content (AvgIpc) is 2.70. The largest absolute Gasteiger partial charge is 0.493 e. The van der Waals surface area contributed by atoms with E-state index in [4.69, 9.17) is 32.7 Å². The highest BCUT2D eigenvalue weighted by atomic mass is 35.5. The first-order chi connectivity index (χ1) is 14.0. The Bertz CT molecular complexity index is 1020. The highest BCUT2D eigenvalue weighted by Crippen LogP contribution is 2.32. The molecule has 5 nitrogen and oxygen atoms in total. The fraction of sp³-hybridized carbons (Fsp3) is 0.182. The van der Waals surface area contributed by atoms with E-state index in [1.54, 1.807) is 48.5 Å². The third-order valence-electron chi connectivity index (χ3n) is 4.06. The summed E-state index contributed by atoms with van der Waals surface area (Å²) in [4.78, 5) is 16.2. The summed E-state index contributed by atoms with van der Waals surface area (Å²) in [6.07, 6.45) is 0.843. The molecule has 0 bridgehead atoms. The van der Waals surface area contributed by atoms with Crippen LogP contribution in [0.15, 0.2) is 54.6 Å². The normalized spacial score (nSPS) is 10.6. The molecule has 0 saturated heterocycles. The molecule has 2 aromatic carbocycles. The molecule has 7 heteroatoms. The number of carboxylic acid groups (broad SMARTS) is 1. The average molecular weight is 432 g/mol. The number of halogens is 2. The van der Waals surface area contributed by atoms with E-state index >= 15 is 0 Å². The van der Waals surface area contributed by atoms with Crippen molar-refractivity contribution in [2.45, 2.75) is 20.0 Å². The fourth-order valence-electron chi connectivity index (χ4n) is 2.70. The summed E-state index contributed by atoms with van der Waals surface area (Å²) in [6.45, 7) is 2.52. The van der Waals surface area contributed by atoms with Crippen LogP contribution in [0.3, 0.4) is 0 Å². The Balaban J connectivity index is 1.95. The Morgan fingerprint density at radius 1 is 1.03 bits per heavy atom. The van der Waals surface area contributed by atoms with Crippen LogP contribution in [0.4, 0.5) is 0 Å². The van der Waals surface area contributed by atoms with Gasteiger partial charge in [-0.3, -0.25) is 0 Å². The molecule has 0 aliphatic heterocycles. The quantitative estimate of drug-likeness (QED) is 0.464. The molecule has 0 radical (unpaired) electrons. The molecule has 0 atom stereocenters. The van der Waals surface area contributed by atoms with Crippen molar-refractivity contribution in [1.82, 2.24) is 4.98 Å². The summed E-state index contributed by atoms with van der Waals surface area (Å²) in [5.74, 6) is 0.0449. The maximum Gasteiger partial charge on any atom is 0.337 e.